The molecule has 3 aromatic rings. The fourth-order valence-corrected chi connectivity index (χ4v) is 4.50. The molecule has 0 unspecified atom stereocenters. The van der Waals surface area contributed by atoms with Crippen LogP contribution in [-0.2, 0) is 15.1 Å². The first kappa shape index (κ1) is 19.2. The lowest BCUT2D eigenvalue weighted by Gasteiger charge is -2.36. The Balaban J connectivity index is 1.43. The molecule has 2 aliphatic heterocycles. The molecule has 1 N–H and O–H groups in total. The molecule has 0 saturated carbocycles. The Hall–Kier alpha value is -2.77. The Morgan fingerprint density at radius 1 is 1.13 bits per heavy atom. The molecular formula is C23H25N3O4. The number of piperidine rings is 1. The average molecular weight is 407 g/mol. The Kier molecular flexibility index (Phi) is 4.79. The number of rotatable bonds is 5. The van der Waals surface area contributed by atoms with E-state index in [2.05, 4.69) is 21.3 Å². The number of Topliss-reactive ketones (excluding diaryl/α,β-unsaturated/α-hetero) is 1. The van der Waals surface area contributed by atoms with E-state index in [0.29, 0.717) is 25.6 Å². The summed E-state index contributed by atoms with van der Waals surface area (Å²) in [6.45, 7) is 4.12. The third kappa shape index (κ3) is 3.48. The van der Waals surface area contributed by atoms with Crippen molar-refractivity contribution in [3.8, 4) is 11.1 Å². The number of carbonyl (C=O) groups is 1. The highest BCUT2D eigenvalue weighted by Gasteiger charge is 2.37. The highest BCUT2D eigenvalue weighted by molar-refractivity contribution is 5.92. The van der Waals surface area contributed by atoms with Crippen molar-refractivity contribution >= 4 is 22.5 Å². The fraction of sp³-hybridized carbons (Fsp3) is 0.435. The lowest BCUT2D eigenvalue weighted by atomic mass is 9.90. The molecule has 5 rings (SSSR count). The molecule has 30 heavy (non-hydrogen) atoms. The summed E-state index contributed by atoms with van der Waals surface area (Å²) in [6, 6.07) is 12.1. The van der Waals surface area contributed by atoms with Crippen LogP contribution in [0.2, 0.25) is 0 Å². The summed E-state index contributed by atoms with van der Waals surface area (Å²) in [5.74, 6) is 0.724. The van der Waals surface area contributed by atoms with Crippen LogP contribution in [0.15, 0.2) is 41.0 Å². The molecule has 2 fully saturated rings. The maximum atomic E-state index is 11.4. The zero-order valence-electron chi connectivity index (χ0n) is 17.0. The molecule has 3 heterocycles. The molecule has 0 spiro atoms. The number of carbonyl (C=O) groups excluding carboxylic acids is 1. The molecule has 1 aromatic heterocycles. The fourth-order valence-electron chi connectivity index (χ4n) is 4.50. The molecular weight excluding hydrogens is 382 g/mol. The monoisotopic (exact) mass is 407 g/mol. The summed E-state index contributed by atoms with van der Waals surface area (Å²) in [7, 11) is 0. The van der Waals surface area contributed by atoms with Crippen LogP contribution in [0.3, 0.4) is 0 Å². The van der Waals surface area contributed by atoms with Gasteiger partial charge in [0.2, 0.25) is 0 Å². The minimum absolute atomic E-state index is 0.264. The normalized spacial score (nSPS) is 19.1. The Labute approximate surface area is 174 Å². The van der Waals surface area contributed by atoms with E-state index in [4.69, 9.17) is 9.37 Å². The Morgan fingerprint density at radius 3 is 2.50 bits per heavy atom. The van der Waals surface area contributed by atoms with E-state index in [9.17, 15) is 9.90 Å². The molecule has 2 aromatic carbocycles. The van der Waals surface area contributed by atoms with Gasteiger partial charge in [-0.05, 0) is 64.8 Å². The van der Waals surface area contributed by atoms with E-state index in [0.717, 1.165) is 59.3 Å². The Bertz CT molecular complexity index is 1060. The molecule has 2 aliphatic rings. The van der Waals surface area contributed by atoms with Gasteiger partial charge in [-0.25, -0.2) is 4.63 Å². The highest BCUT2D eigenvalue weighted by atomic mass is 16.6. The zero-order valence-corrected chi connectivity index (χ0v) is 17.0. The van der Waals surface area contributed by atoms with Crippen LogP contribution in [-0.4, -0.2) is 47.5 Å². The predicted octanol–water partition coefficient (Wildman–Crippen LogP) is 3.30. The zero-order chi connectivity index (χ0) is 20.7. The maximum Gasteiger partial charge on any atom is 0.158 e. The number of fused-ring (bicyclic) bond motifs is 1. The lowest BCUT2D eigenvalue weighted by molar-refractivity contribution is -0.184. The molecule has 0 atom stereocenters. The van der Waals surface area contributed by atoms with Gasteiger partial charge in [-0.3, -0.25) is 0 Å². The van der Waals surface area contributed by atoms with Crippen LogP contribution >= 0.6 is 0 Å². The minimum Gasteiger partial charge on any atom is -0.380 e. The van der Waals surface area contributed by atoms with Crippen LogP contribution < -0.4 is 4.90 Å². The molecule has 7 heteroatoms. The first-order valence-electron chi connectivity index (χ1n) is 10.4. The first-order valence-corrected chi connectivity index (χ1v) is 10.4. The van der Waals surface area contributed by atoms with Crippen molar-refractivity contribution in [2.75, 3.05) is 31.2 Å². The smallest absolute Gasteiger partial charge is 0.158 e. The summed E-state index contributed by atoms with van der Waals surface area (Å²) in [5.41, 5.74) is 4.58. The molecule has 2 saturated heterocycles. The third-order valence-electron chi connectivity index (χ3n) is 6.31. The molecule has 0 bridgehead atoms. The largest absolute Gasteiger partial charge is 0.380 e. The van der Waals surface area contributed by atoms with Gasteiger partial charge in [0.15, 0.2) is 5.52 Å². The van der Waals surface area contributed by atoms with Crippen molar-refractivity contribution < 1.29 is 19.3 Å². The molecule has 7 nitrogen and oxygen atoms in total. The van der Waals surface area contributed by atoms with E-state index in [1.807, 2.05) is 30.3 Å². The summed E-state index contributed by atoms with van der Waals surface area (Å²) in [6.07, 6.45) is 2.65. The van der Waals surface area contributed by atoms with Crippen molar-refractivity contribution in [3.05, 3.63) is 42.0 Å². The molecule has 0 radical (unpaired) electrons. The first-order chi connectivity index (χ1) is 14.5. The summed E-state index contributed by atoms with van der Waals surface area (Å²) < 4.78 is 10.2. The van der Waals surface area contributed by atoms with Gasteiger partial charge >= 0.3 is 0 Å². The van der Waals surface area contributed by atoms with Gasteiger partial charge in [-0.2, -0.15) is 0 Å². The van der Waals surface area contributed by atoms with Gasteiger partial charge in [-0.1, -0.05) is 24.3 Å². The van der Waals surface area contributed by atoms with Crippen LogP contribution in [0, 0.1) is 5.92 Å². The van der Waals surface area contributed by atoms with Gasteiger partial charge in [0, 0.05) is 19.5 Å². The topological polar surface area (TPSA) is 88.7 Å². The van der Waals surface area contributed by atoms with Crippen LogP contribution in [0.1, 0.15) is 31.7 Å². The van der Waals surface area contributed by atoms with Gasteiger partial charge in [0.25, 0.3) is 0 Å². The van der Waals surface area contributed by atoms with E-state index in [1.54, 1.807) is 6.92 Å². The number of aliphatic hydroxyl groups is 1. The summed E-state index contributed by atoms with van der Waals surface area (Å²) in [5, 5.41) is 18.7. The van der Waals surface area contributed by atoms with Gasteiger partial charge in [0.1, 0.15) is 16.9 Å². The summed E-state index contributed by atoms with van der Waals surface area (Å²) >= 11 is 0. The van der Waals surface area contributed by atoms with E-state index in [-0.39, 0.29) is 5.78 Å². The van der Waals surface area contributed by atoms with Crippen LogP contribution in [0.4, 0.5) is 5.69 Å². The average Bonchev–Trinajstić information content (AvgIpc) is 3.20. The number of nitrogens with zero attached hydrogens (tertiary/aromatic N) is 3. The second kappa shape index (κ2) is 7.49. The quantitative estimate of drug-likeness (QED) is 0.694. The van der Waals surface area contributed by atoms with Crippen LogP contribution in [0.25, 0.3) is 22.2 Å². The number of aromatic nitrogens is 2. The minimum atomic E-state index is -0.867. The van der Waals surface area contributed by atoms with Gasteiger partial charge in [0.05, 0.1) is 18.9 Å². The maximum absolute atomic E-state index is 11.4. The van der Waals surface area contributed by atoms with Crippen molar-refractivity contribution in [1.29, 1.82) is 0 Å². The van der Waals surface area contributed by atoms with Crippen molar-refractivity contribution in [3.63, 3.8) is 0 Å². The Morgan fingerprint density at radius 2 is 1.87 bits per heavy atom. The van der Waals surface area contributed by atoms with Crippen molar-refractivity contribution in [2.24, 2.45) is 5.92 Å². The van der Waals surface area contributed by atoms with Crippen LogP contribution in [0.5, 0.6) is 0 Å². The standard InChI is InChI=1S/C23H25N3O4/c1-15(27)10-16-6-8-26(9-7-16)21-12-18(11-20-22(21)25-30-24-20)17-2-4-19(5-3-17)23(28)13-29-14-23/h2-5,11-12,16,28H,6-10,13-14H2,1H3. The number of ketones is 1. The molecule has 156 valence electrons. The lowest BCUT2D eigenvalue weighted by Crippen LogP contribution is -2.46. The second-order valence-corrected chi connectivity index (χ2v) is 8.57. The molecule has 0 amide bonds. The van der Waals surface area contributed by atoms with E-state index in [1.165, 1.54) is 0 Å². The number of hydrogen-bond donors (Lipinski definition) is 1. The van der Waals surface area contributed by atoms with Gasteiger partial charge < -0.3 is 19.5 Å². The number of ether oxygens (including phenoxy) is 1. The van der Waals surface area contributed by atoms with Gasteiger partial charge in [-0.15, -0.1) is 0 Å². The number of hydrogen-bond acceptors (Lipinski definition) is 7. The highest BCUT2D eigenvalue weighted by Crippen LogP contribution is 2.36. The van der Waals surface area contributed by atoms with Crippen molar-refractivity contribution in [1.82, 2.24) is 10.3 Å². The predicted molar refractivity (Wildman–Crippen MR) is 112 cm³/mol. The molecule has 0 aliphatic carbocycles. The van der Waals surface area contributed by atoms with Crippen molar-refractivity contribution in [2.45, 2.75) is 31.8 Å². The number of anilines is 1. The number of benzene rings is 2. The summed E-state index contributed by atoms with van der Waals surface area (Å²) in [4.78, 5) is 13.8. The third-order valence-corrected chi connectivity index (χ3v) is 6.31. The van der Waals surface area contributed by atoms with E-state index >= 15 is 0 Å². The van der Waals surface area contributed by atoms with E-state index < -0.39 is 5.60 Å². The second-order valence-electron chi connectivity index (χ2n) is 8.57. The SMILES string of the molecule is CC(=O)CC1CCN(c2cc(-c3ccc(C4(O)COC4)cc3)cc3nonc23)CC1.